The van der Waals surface area contributed by atoms with E-state index in [2.05, 4.69) is 13.8 Å². The Hall–Kier alpha value is -0.330. The Labute approximate surface area is 159 Å². The quantitative estimate of drug-likeness (QED) is 0.200. The summed E-state index contributed by atoms with van der Waals surface area (Å²) < 4.78 is 0. The van der Waals surface area contributed by atoms with E-state index in [1.807, 2.05) is 0 Å². The SMILES string of the molecule is CCC(C)CCCCCCCCCCCCCCCCCCC(C)=O. The van der Waals surface area contributed by atoms with Gasteiger partial charge in [-0.2, -0.15) is 0 Å². The first-order valence-corrected chi connectivity index (χ1v) is 11.7. The molecule has 0 aliphatic heterocycles. The summed E-state index contributed by atoms with van der Waals surface area (Å²) in [4.78, 5) is 10.8. The zero-order valence-corrected chi connectivity index (χ0v) is 17.9. The van der Waals surface area contributed by atoms with Crippen LogP contribution in [0.4, 0.5) is 0 Å². The summed E-state index contributed by atoms with van der Waals surface area (Å²) in [6.45, 7) is 6.40. The fourth-order valence-electron chi connectivity index (χ4n) is 3.55. The Morgan fingerprint density at radius 2 is 0.920 bits per heavy atom. The molecule has 0 bridgehead atoms. The predicted octanol–water partition coefficient (Wildman–Crippen LogP) is 8.64. The van der Waals surface area contributed by atoms with E-state index in [1.54, 1.807) is 6.92 Å². The number of hydrogen-bond acceptors (Lipinski definition) is 1. The summed E-state index contributed by atoms with van der Waals surface area (Å²) >= 11 is 0. The molecular formula is C24H48O. The third-order valence-electron chi connectivity index (χ3n) is 5.67. The van der Waals surface area contributed by atoms with Crippen molar-refractivity contribution in [1.82, 2.24) is 0 Å². The van der Waals surface area contributed by atoms with Gasteiger partial charge in [0.25, 0.3) is 0 Å². The van der Waals surface area contributed by atoms with Crippen LogP contribution in [0.2, 0.25) is 0 Å². The molecule has 0 saturated heterocycles. The van der Waals surface area contributed by atoms with Crippen molar-refractivity contribution in [1.29, 1.82) is 0 Å². The second-order valence-electron chi connectivity index (χ2n) is 8.41. The molecule has 0 aliphatic rings. The van der Waals surface area contributed by atoms with E-state index < -0.39 is 0 Å². The summed E-state index contributed by atoms with van der Waals surface area (Å²) in [5.74, 6) is 1.29. The zero-order chi connectivity index (χ0) is 18.6. The van der Waals surface area contributed by atoms with Gasteiger partial charge in [0.05, 0.1) is 0 Å². The van der Waals surface area contributed by atoms with E-state index in [0.29, 0.717) is 5.78 Å². The fraction of sp³-hybridized carbons (Fsp3) is 0.958. The van der Waals surface area contributed by atoms with Gasteiger partial charge >= 0.3 is 0 Å². The highest BCUT2D eigenvalue weighted by Crippen LogP contribution is 2.16. The van der Waals surface area contributed by atoms with Crippen LogP contribution in [0.25, 0.3) is 0 Å². The van der Waals surface area contributed by atoms with E-state index in [-0.39, 0.29) is 0 Å². The van der Waals surface area contributed by atoms with Crippen molar-refractivity contribution >= 4 is 5.78 Å². The number of carbonyl (C=O) groups is 1. The first kappa shape index (κ1) is 24.7. The van der Waals surface area contributed by atoms with Gasteiger partial charge < -0.3 is 4.79 Å². The van der Waals surface area contributed by atoms with Gasteiger partial charge in [-0.15, -0.1) is 0 Å². The average Bonchev–Trinajstić information content (AvgIpc) is 2.60. The van der Waals surface area contributed by atoms with Crippen molar-refractivity contribution in [3.05, 3.63) is 0 Å². The van der Waals surface area contributed by atoms with Gasteiger partial charge in [-0.05, 0) is 19.3 Å². The van der Waals surface area contributed by atoms with Crippen molar-refractivity contribution in [2.75, 3.05) is 0 Å². The highest BCUT2D eigenvalue weighted by Gasteiger charge is 1.98. The van der Waals surface area contributed by atoms with Crippen LogP contribution in [-0.2, 0) is 4.79 Å². The van der Waals surface area contributed by atoms with Crippen LogP contribution in [0.15, 0.2) is 0 Å². The van der Waals surface area contributed by atoms with E-state index in [9.17, 15) is 4.79 Å². The molecule has 0 aromatic carbocycles. The molecule has 150 valence electrons. The van der Waals surface area contributed by atoms with Gasteiger partial charge in [-0.25, -0.2) is 0 Å². The van der Waals surface area contributed by atoms with Crippen LogP contribution in [0, 0.1) is 5.92 Å². The lowest BCUT2D eigenvalue weighted by atomic mass is 9.99. The molecule has 0 amide bonds. The molecule has 0 spiro atoms. The molecule has 0 N–H and O–H groups in total. The van der Waals surface area contributed by atoms with Crippen LogP contribution >= 0.6 is 0 Å². The normalized spacial score (nSPS) is 12.4. The zero-order valence-electron chi connectivity index (χ0n) is 17.9. The maximum absolute atomic E-state index is 10.8. The molecule has 1 heteroatoms. The summed E-state index contributed by atoms with van der Waals surface area (Å²) in [7, 11) is 0. The number of carbonyl (C=O) groups excluding carboxylic acids is 1. The lowest BCUT2D eigenvalue weighted by Gasteiger charge is -2.07. The van der Waals surface area contributed by atoms with Gasteiger partial charge in [0.2, 0.25) is 0 Å². The maximum Gasteiger partial charge on any atom is 0.129 e. The maximum atomic E-state index is 10.8. The molecule has 1 nitrogen and oxygen atoms in total. The molecule has 0 fully saturated rings. The minimum Gasteiger partial charge on any atom is -0.300 e. The molecule has 25 heavy (non-hydrogen) atoms. The van der Waals surface area contributed by atoms with Crippen LogP contribution in [-0.4, -0.2) is 5.78 Å². The highest BCUT2D eigenvalue weighted by molar-refractivity contribution is 5.75. The Balaban J connectivity index is 3.02. The predicted molar refractivity (Wildman–Crippen MR) is 113 cm³/mol. The van der Waals surface area contributed by atoms with Gasteiger partial charge in [-0.1, -0.05) is 123 Å². The van der Waals surface area contributed by atoms with Crippen LogP contribution in [0.3, 0.4) is 0 Å². The van der Waals surface area contributed by atoms with E-state index in [1.165, 1.54) is 109 Å². The minimum atomic E-state index is 0.349. The van der Waals surface area contributed by atoms with Crippen LogP contribution in [0.1, 0.15) is 143 Å². The number of hydrogen-bond donors (Lipinski definition) is 0. The molecular weight excluding hydrogens is 304 g/mol. The van der Waals surface area contributed by atoms with Crippen LogP contribution in [0.5, 0.6) is 0 Å². The Morgan fingerprint density at radius 3 is 1.24 bits per heavy atom. The number of ketones is 1. The van der Waals surface area contributed by atoms with Crippen molar-refractivity contribution in [3.63, 3.8) is 0 Å². The molecule has 0 aromatic rings. The van der Waals surface area contributed by atoms with Crippen molar-refractivity contribution in [2.45, 2.75) is 143 Å². The molecule has 0 aliphatic carbocycles. The minimum absolute atomic E-state index is 0.349. The molecule has 1 unspecified atom stereocenters. The number of unbranched alkanes of at least 4 members (excludes halogenated alkanes) is 15. The molecule has 0 saturated carbocycles. The van der Waals surface area contributed by atoms with E-state index >= 15 is 0 Å². The largest absolute Gasteiger partial charge is 0.300 e. The van der Waals surface area contributed by atoms with Gasteiger partial charge in [0.1, 0.15) is 5.78 Å². The Bertz CT molecular complexity index is 271. The van der Waals surface area contributed by atoms with E-state index in [0.717, 1.165) is 18.8 Å². The van der Waals surface area contributed by atoms with Crippen molar-refractivity contribution < 1.29 is 4.79 Å². The van der Waals surface area contributed by atoms with Crippen LogP contribution < -0.4 is 0 Å². The second kappa shape index (κ2) is 20.0. The Kier molecular flexibility index (Phi) is 19.7. The first-order valence-electron chi connectivity index (χ1n) is 11.7. The molecule has 0 radical (unpaired) electrons. The molecule has 1 atom stereocenters. The first-order chi connectivity index (χ1) is 12.2. The lowest BCUT2D eigenvalue weighted by molar-refractivity contribution is -0.117. The van der Waals surface area contributed by atoms with E-state index in [4.69, 9.17) is 0 Å². The molecule has 0 heterocycles. The van der Waals surface area contributed by atoms with Crippen molar-refractivity contribution in [3.8, 4) is 0 Å². The van der Waals surface area contributed by atoms with Gasteiger partial charge in [-0.3, -0.25) is 0 Å². The molecule has 0 rings (SSSR count). The summed E-state index contributed by atoms with van der Waals surface area (Å²) in [5, 5.41) is 0. The fourth-order valence-corrected chi connectivity index (χ4v) is 3.55. The topological polar surface area (TPSA) is 17.1 Å². The lowest BCUT2D eigenvalue weighted by Crippen LogP contribution is -1.91. The Morgan fingerprint density at radius 1 is 0.600 bits per heavy atom. The van der Waals surface area contributed by atoms with Crippen molar-refractivity contribution in [2.24, 2.45) is 5.92 Å². The van der Waals surface area contributed by atoms with Gasteiger partial charge in [0.15, 0.2) is 0 Å². The summed E-state index contributed by atoms with van der Waals surface area (Å²) in [5.41, 5.74) is 0. The average molecular weight is 353 g/mol. The standard InChI is InChI=1S/C24H48O/c1-4-23(2)21-19-17-15-13-11-9-7-5-6-8-10-12-14-16-18-20-22-24(3)25/h23H,4-22H2,1-3H3. The smallest absolute Gasteiger partial charge is 0.129 e. The summed E-state index contributed by atoms with van der Waals surface area (Å²) in [6.07, 6.45) is 26.0. The third kappa shape index (κ3) is 21.6. The summed E-state index contributed by atoms with van der Waals surface area (Å²) in [6, 6.07) is 0. The highest BCUT2D eigenvalue weighted by atomic mass is 16.1. The number of Topliss-reactive ketones (excluding diaryl/α,β-unsaturated/α-hetero) is 1. The molecule has 0 aromatic heterocycles. The second-order valence-corrected chi connectivity index (χ2v) is 8.41. The third-order valence-corrected chi connectivity index (χ3v) is 5.67. The number of rotatable bonds is 20. The monoisotopic (exact) mass is 352 g/mol. The van der Waals surface area contributed by atoms with Gasteiger partial charge in [0, 0.05) is 6.42 Å².